The van der Waals surface area contributed by atoms with Crippen LogP contribution in [0.25, 0.3) is 0 Å². The van der Waals surface area contributed by atoms with Gasteiger partial charge in [0.15, 0.2) is 5.75 Å². The highest BCUT2D eigenvalue weighted by atomic mass is 35.5. The Kier molecular flexibility index (Phi) is 6.34. The number of likely N-dealkylation sites (N-methyl/N-ethyl adjacent to an activating group) is 1. The van der Waals surface area contributed by atoms with Gasteiger partial charge in [-0.15, -0.1) is 0 Å². The minimum absolute atomic E-state index is 0.312. The summed E-state index contributed by atoms with van der Waals surface area (Å²) < 4.78 is 5.98. The number of hydrogen-bond acceptors (Lipinski definition) is 4. The van der Waals surface area contributed by atoms with Crippen molar-refractivity contribution in [3.05, 3.63) is 65.2 Å². The minimum Gasteiger partial charge on any atom is -0.455 e. The van der Waals surface area contributed by atoms with Crippen molar-refractivity contribution in [2.45, 2.75) is 6.54 Å². The van der Waals surface area contributed by atoms with E-state index in [-0.39, 0.29) is 11.8 Å². The van der Waals surface area contributed by atoms with E-state index in [0.29, 0.717) is 35.3 Å². The molecule has 0 bridgehead atoms. The van der Waals surface area contributed by atoms with Gasteiger partial charge in [0.2, 0.25) is 5.91 Å². The molecule has 7 heteroatoms. The molecule has 0 spiro atoms. The molecule has 0 unspecified atom stereocenters. The minimum atomic E-state index is -0.327. The molecule has 0 aliphatic carbocycles. The molecule has 0 radical (unpaired) electrons. The topological polar surface area (TPSA) is 61.9 Å². The largest absolute Gasteiger partial charge is 0.455 e. The molecule has 0 fully saturated rings. The Bertz CT molecular complexity index is 912. The van der Waals surface area contributed by atoms with Gasteiger partial charge in [0.05, 0.1) is 12.2 Å². The highest BCUT2D eigenvalue weighted by Gasteiger charge is 2.24. The number of halogens is 1. The van der Waals surface area contributed by atoms with Crippen molar-refractivity contribution >= 4 is 29.1 Å². The number of benzene rings is 2. The molecule has 1 aliphatic rings. The molecule has 0 aromatic heterocycles. The fourth-order valence-electron chi connectivity index (χ4n) is 2.79. The van der Waals surface area contributed by atoms with Crippen LogP contribution in [0, 0.1) is 0 Å². The highest BCUT2D eigenvalue weighted by Crippen LogP contribution is 2.40. The van der Waals surface area contributed by atoms with Gasteiger partial charge in [-0.05, 0) is 38.4 Å². The van der Waals surface area contributed by atoms with E-state index < -0.39 is 0 Å². The summed E-state index contributed by atoms with van der Waals surface area (Å²) in [6, 6.07) is 12.7. The average molecular weight is 400 g/mol. The summed E-state index contributed by atoms with van der Waals surface area (Å²) in [5, 5.41) is 3.24. The molecule has 1 aliphatic heterocycles. The Labute approximate surface area is 169 Å². The van der Waals surface area contributed by atoms with Gasteiger partial charge in [-0.25, -0.2) is 0 Å². The number of fused-ring (bicyclic) bond motifs is 2. The number of carbonyl (C=O) groups excluding carboxylic acids is 2. The Morgan fingerprint density at radius 2 is 1.96 bits per heavy atom. The summed E-state index contributed by atoms with van der Waals surface area (Å²) in [6.45, 7) is 1.54. The summed E-state index contributed by atoms with van der Waals surface area (Å²) in [5.41, 5.74) is 1.43. The third-order valence-electron chi connectivity index (χ3n) is 4.23. The van der Waals surface area contributed by atoms with Gasteiger partial charge in [-0.1, -0.05) is 29.8 Å². The van der Waals surface area contributed by atoms with E-state index in [1.54, 1.807) is 23.1 Å². The van der Waals surface area contributed by atoms with Crippen molar-refractivity contribution in [1.29, 1.82) is 0 Å². The number of amides is 2. The number of rotatable bonds is 5. The first kappa shape index (κ1) is 19.9. The van der Waals surface area contributed by atoms with Gasteiger partial charge in [0, 0.05) is 35.8 Å². The van der Waals surface area contributed by atoms with Crippen molar-refractivity contribution in [2.24, 2.45) is 0 Å². The first-order chi connectivity index (χ1) is 13.4. The molecule has 1 heterocycles. The van der Waals surface area contributed by atoms with Crippen molar-refractivity contribution < 1.29 is 14.3 Å². The van der Waals surface area contributed by atoms with Crippen LogP contribution in [0.1, 0.15) is 5.56 Å². The molecule has 28 heavy (non-hydrogen) atoms. The molecule has 0 atom stereocenters. The number of nitrogens with one attached hydrogen (secondary N) is 1. The fourth-order valence-corrected chi connectivity index (χ4v) is 2.96. The number of para-hydroxylation sites is 1. The fraction of sp³-hybridized carbons (Fsp3) is 0.238. The van der Waals surface area contributed by atoms with E-state index in [4.69, 9.17) is 16.3 Å². The van der Waals surface area contributed by atoms with Crippen LogP contribution in [0.4, 0.5) is 5.69 Å². The summed E-state index contributed by atoms with van der Waals surface area (Å²) in [5.74, 6) is 0.581. The highest BCUT2D eigenvalue weighted by molar-refractivity contribution is 6.31. The zero-order valence-electron chi connectivity index (χ0n) is 15.8. The summed E-state index contributed by atoms with van der Waals surface area (Å²) in [6.07, 6.45) is 2.52. The normalized spacial score (nSPS) is 12.9. The quantitative estimate of drug-likeness (QED) is 0.784. The van der Waals surface area contributed by atoms with Gasteiger partial charge < -0.3 is 19.9 Å². The van der Waals surface area contributed by atoms with Crippen LogP contribution < -0.4 is 15.0 Å². The molecule has 6 nitrogen and oxygen atoms in total. The Balaban J connectivity index is 1.81. The number of nitrogens with zero attached hydrogens (tertiary/aromatic N) is 2. The van der Waals surface area contributed by atoms with Crippen molar-refractivity contribution in [3.8, 4) is 11.5 Å². The summed E-state index contributed by atoms with van der Waals surface area (Å²) in [4.78, 5) is 28.3. The van der Waals surface area contributed by atoms with Crippen LogP contribution in [0.15, 0.2) is 54.6 Å². The smallest absolute Gasteiger partial charge is 0.251 e. The third kappa shape index (κ3) is 4.91. The predicted octanol–water partition coefficient (Wildman–Crippen LogP) is 3.21. The monoisotopic (exact) mass is 399 g/mol. The van der Waals surface area contributed by atoms with Crippen LogP contribution in [0.5, 0.6) is 11.5 Å². The van der Waals surface area contributed by atoms with Crippen molar-refractivity contribution in [2.75, 3.05) is 32.1 Å². The maximum atomic E-state index is 12.9. The van der Waals surface area contributed by atoms with E-state index in [1.165, 1.54) is 12.2 Å². The molecule has 0 saturated carbocycles. The molecular weight excluding hydrogens is 378 g/mol. The molecule has 2 amide bonds. The van der Waals surface area contributed by atoms with Crippen molar-refractivity contribution in [1.82, 2.24) is 10.2 Å². The average Bonchev–Trinajstić information content (AvgIpc) is 2.82. The van der Waals surface area contributed by atoms with Crippen LogP contribution >= 0.6 is 11.6 Å². The lowest BCUT2D eigenvalue weighted by molar-refractivity contribution is -0.117. The van der Waals surface area contributed by atoms with E-state index in [1.807, 2.05) is 43.3 Å². The second-order valence-electron chi connectivity index (χ2n) is 6.67. The zero-order chi connectivity index (χ0) is 20.1. The van der Waals surface area contributed by atoms with Gasteiger partial charge in [-0.2, -0.15) is 0 Å². The van der Waals surface area contributed by atoms with Crippen molar-refractivity contribution in [3.63, 3.8) is 0 Å². The molecule has 146 valence electrons. The summed E-state index contributed by atoms with van der Waals surface area (Å²) in [7, 11) is 3.85. The lowest BCUT2D eigenvalue weighted by Gasteiger charge is -2.20. The Hall–Kier alpha value is -2.83. The molecule has 2 aromatic carbocycles. The molecule has 1 N–H and O–H groups in total. The first-order valence-electron chi connectivity index (χ1n) is 8.91. The van der Waals surface area contributed by atoms with E-state index in [2.05, 4.69) is 5.32 Å². The maximum absolute atomic E-state index is 12.9. The SMILES string of the molecule is CN(C)CCNC(=O)/C=C/C(=O)N1Cc2ccccc2Oc2ccc(Cl)cc21. The van der Waals surface area contributed by atoms with Crippen LogP contribution in [-0.4, -0.2) is 43.9 Å². The predicted molar refractivity (Wildman–Crippen MR) is 110 cm³/mol. The van der Waals surface area contributed by atoms with E-state index >= 15 is 0 Å². The number of carbonyl (C=O) groups is 2. The van der Waals surface area contributed by atoms with Gasteiger partial charge in [0.1, 0.15) is 5.75 Å². The van der Waals surface area contributed by atoms with Gasteiger partial charge in [-0.3, -0.25) is 9.59 Å². The standard InChI is InChI=1S/C21H22ClN3O3/c1-24(2)12-11-23-20(26)9-10-21(27)25-14-15-5-3-4-6-18(15)28-19-8-7-16(22)13-17(19)25/h3-10,13H,11-12,14H2,1-2H3,(H,23,26)/b10-9+. The van der Waals surface area contributed by atoms with Crippen LogP contribution in [0.2, 0.25) is 5.02 Å². The van der Waals surface area contributed by atoms with Crippen LogP contribution in [-0.2, 0) is 16.1 Å². The zero-order valence-corrected chi connectivity index (χ0v) is 16.6. The Morgan fingerprint density at radius 3 is 2.75 bits per heavy atom. The van der Waals surface area contributed by atoms with Gasteiger partial charge in [0.25, 0.3) is 5.91 Å². The third-order valence-corrected chi connectivity index (χ3v) is 4.47. The maximum Gasteiger partial charge on any atom is 0.251 e. The molecular formula is C21H22ClN3O3. The second kappa shape index (κ2) is 8.91. The van der Waals surface area contributed by atoms with E-state index in [9.17, 15) is 9.59 Å². The number of anilines is 1. The molecule has 2 aromatic rings. The summed E-state index contributed by atoms with van der Waals surface area (Å²) >= 11 is 6.14. The van der Waals surface area contributed by atoms with Crippen LogP contribution in [0.3, 0.4) is 0 Å². The lowest BCUT2D eigenvalue weighted by Crippen LogP contribution is -2.31. The van der Waals surface area contributed by atoms with Gasteiger partial charge >= 0.3 is 0 Å². The molecule has 3 rings (SSSR count). The number of ether oxygens (including phenoxy) is 1. The molecule has 0 saturated heterocycles. The number of hydrogen-bond donors (Lipinski definition) is 1. The first-order valence-corrected chi connectivity index (χ1v) is 9.29. The lowest BCUT2D eigenvalue weighted by atomic mass is 10.2. The second-order valence-corrected chi connectivity index (χ2v) is 7.11. The Morgan fingerprint density at radius 1 is 1.18 bits per heavy atom. The van der Waals surface area contributed by atoms with E-state index in [0.717, 1.165) is 12.1 Å².